The summed E-state index contributed by atoms with van der Waals surface area (Å²) in [4.78, 5) is 25.2. The van der Waals surface area contributed by atoms with E-state index in [2.05, 4.69) is 15.2 Å². The first-order chi connectivity index (χ1) is 10.4. The van der Waals surface area contributed by atoms with Gasteiger partial charge in [0.05, 0.1) is 4.92 Å². The molecule has 1 aromatic carbocycles. The van der Waals surface area contributed by atoms with Crippen LogP contribution >= 0.6 is 11.8 Å². The fourth-order valence-corrected chi connectivity index (χ4v) is 2.26. The van der Waals surface area contributed by atoms with E-state index in [4.69, 9.17) is 0 Å². The van der Waals surface area contributed by atoms with Crippen molar-refractivity contribution < 1.29 is 19.9 Å². The molecule has 10 heteroatoms. The summed E-state index contributed by atoms with van der Waals surface area (Å²) in [5.74, 6) is -1.01. The summed E-state index contributed by atoms with van der Waals surface area (Å²) in [5.41, 5.74) is -0.237. The van der Waals surface area contributed by atoms with E-state index in [1.54, 1.807) is 6.92 Å². The van der Waals surface area contributed by atoms with Crippen molar-refractivity contribution in [2.45, 2.75) is 12.1 Å². The maximum Gasteiger partial charge on any atom is 0.342 e. The normalized spacial score (nSPS) is 11.4. The highest BCUT2D eigenvalue weighted by Crippen LogP contribution is 2.30. The molecular weight excluding hydrogens is 312 g/mol. The molecule has 0 aliphatic rings. The summed E-state index contributed by atoms with van der Waals surface area (Å²) in [6.07, 6.45) is 1.13. The molecule has 0 spiro atoms. The molecule has 2 rings (SSSR count). The number of nitro groups is 1. The molecule has 1 aromatic heterocycles. The number of aryl methyl sites for hydroxylation is 1. The van der Waals surface area contributed by atoms with Gasteiger partial charge in [0, 0.05) is 17.7 Å². The molecule has 0 saturated heterocycles. The van der Waals surface area contributed by atoms with Crippen LogP contribution in [0.4, 0.5) is 5.69 Å². The predicted octanol–water partition coefficient (Wildman–Crippen LogP) is 1.94. The molecule has 0 amide bonds. The SMILES string of the molecule is Cc1nc(S/C(=C\c2cc([N+](=O)[O-])ccc2O)C(=O)O)n[nH]1. The first-order valence-electron chi connectivity index (χ1n) is 5.86. The number of non-ortho nitro benzene ring substituents is 1. The molecule has 0 aliphatic carbocycles. The molecule has 2 aromatic rings. The molecular formula is C12H10N4O5S. The number of H-pyrrole nitrogens is 1. The number of aromatic hydroxyl groups is 1. The van der Waals surface area contributed by atoms with Crippen LogP contribution in [-0.2, 0) is 4.79 Å². The lowest BCUT2D eigenvalue weighted by atomic mass is 10.1. The van der Waals surface area contributed by atoms with Gasteiger partial charge >= 0.3 is 5.97 Å². The summed E-state index contributed by atoms with van der Waals surface area (Å²) in [6.45, 7) is 1.66. The van der Waals surface area contributed by atoms with Crippen molar-refractivity contribution in [3.63, 3.8) is 0 Å². The Morgan fingerprint density at radius 2 is 2.23 bits per heavy atom. The summed E-state index contributed by atoms with van der Waals surface area (Å²) >= 11 is 0.763. The van der Waals surface area contributed by atoms with Crippen LogP contribution < -0.4 is 0 Å². The molecule has 0 unspecified atom stereocenters. The smallest absolute Gasteiger partial charge is 0.342 e. The number of hydrogen-bond acceptors (Lipinski definition) is 7. The number of carboxylic acid groups (broad SMARTS) is 1. The second-order valence-electron chi connectivity index (χ2n) is 4.12. The number of carbonyl (C=O) groups is 1. The van der Waals surface area contributed by atoms with Crippen molar-refractivity contribution in [1.82, 2.24) is 15.2 Å². The highest BCUT2D eigenvalue weighted by molar-refractivity contribution is 8.04. The number of aliphatic carboxylic acids is 1. The molecule has 1 heterocycles. The summed E-state index contributed by atoms with van der Waals surface area (Å²) in [7, 11) is 0. The topological polar surface area (TPSA) is 142 Å². The van der Waals surface area contributed by atoms with Crippen molar-refractivity contribution in [2.75, 3.05) is 0 Å². The van der Waals surface area contributed by atoms with Gasteiger partial charge in [0.1, 0.15) is 16.5 Å². The van der Waals surface area contributed by atoms with Crippen molar-refractivity contribution in [3.05, 3.63) is 44.6 Å². The highest BCUT2D eigenvalue weighted by Gasteiger charge is 2.16. The Kier molecular flexibility index (Phi) is 4.41. The van der Waals surface area contributed by atoms with E-state index >= 15 is 0 Å². The monoisotopic (exact) mass is 322 g/mol. The van der Waals surface area contributed by atoms with E-state index in [0.29, 0.717) is 5.82 Å². The minimum atomic E-state index is -1.27. The van der Waals surface area contributed by atoms with Gasteiger partial charge in [0.25, 0.3) is 5.69 Å². The highest BCUT2D eigenvalue weighted by atomic mass is 32.2. The average Bonchev–Trinajstić information content (AvgIpc) is 2.85. The number of phenols is 1. The van der Waals surface area contributed by atoms with Gasteiger partial charge in [0.15, 0.2) is 0 Å². The third kappa shape index (κ3) is 3.61. The lowest BCUT2D eigenvalue weighted by Gasteiger charge is -2.02. The fourth-order valence-electron chi connectivity index (χ4n) is 1.51. The number of phenolic OH excluding ortho intramolecular Hbond substituents is 1. The number of rotatable bonds is 5. The molecule has 0 fully saturated rings. The largest absolute Gasteiger partial charge is 0.507 e. The minimum Gasteiger partial charge on any atom is -0.507 e. The third-order valence-corrected chi connectivity index (χ3v) is 3.37. The Morgan fingerprint density at radius 3 is 2.77 bits per heavy atom. The lowest BCUT2D eigenvalue weighted by Crippen LogP contribution is -1.97. The molecule has 22 heavy (non-hydrogen) atoms. The minimum absolute atomic E-state index is 0.0198. The van der Waals surface area contributed by atoms with Crippen LogP contribution in [0.3, 0.4) is 0 Å². The van der Waals surface area contributed by atoms with Gasteiger partial charge in [-0.3, -0.25) is 15.2 Å². The Hall–Kier alpha value is -2.88. The van der Waals surface area contributed by atoms with E-state index in [1.165, 1.54) is 0 Å². The zero-order valence-corrected chi connectivity index (χ0v) is 12.0. The van der Waals surface area contributed by atoms with Gasteiger partial charge in [-0.1, -0.05) is 0 Å². The van der Waals surface area contributed by atoms with E-state index in [0.717, 1.165) is 36.0 Å². The summed E-state index contributed by atoms with van der Waals surface area (Å²) in [6, 6.07) is 3.34. The van der Waals surface area contributed by atoms with Crippen LogP contribution in [0, 0.1) is 17.0 Å². The van der Waals surface area contributed by atoms with E-state index in [-0.39, 0.29) is 27.1 Å². The maximum absolute atomic E-state index is 11.3. The standard InChI is InChI=1S/C12H10N4O5S/c1-6-13-12(15-14-6)22-10(11(18)19)5-7-4-8(16(20)21)2-3-9(7)17/h2-5,17H,1H3,(H,18,19)(H,13,14,15)/b10-5-. The van der Waals surface area contributed by atoms with Crippen molar-refractivity contribution in [3.8, 4) is 5.75 Å². The van der Waals surface area contributed by atoms with Gasteiger partial charge in [0.2, 0.25) is 5.16 Å². The Bertz CT molecular complexity index is 771. The van der Waals surface area contributed by atoms with Gasteiger partial charge in [-0.25, -0.2) is 9.78 Å². The van der Waals surface area contributed by atoms with Crippen LogP contribution in [0.25, 0.3) is 6.08 Å². The molecule has 9 nitrogen and oxygen atoms in total. The molecule has 0 aliphatic heterocycles. The number of carboxylic acids is 1. The Morgan fingerprint density at radius 1 is 1.50 bits per heavy atom. The number of aromatic nitrogens is 3. The Balaban J connectivity index is 2.39. The number of nitrogens with one attached hydrogen (secondary N) is 1. The molecule has 114 valence electrons. The molecule has 3 N–H and O–H groups in total. The van der Waals surface area contributed by atoms with Crippen molar-refractivity contribution in [1.29, 1.82) is 0 Å². The zero-order valence-electron chi connectivity index (χ0n) is 11.2. The Labute approximate surface area is 127 Å². The van der Waals surface area contributed by atoms with E-state index < -0.39 is 10.9 Å². The van der Waals surface area contributed by atoms with Gasteiger partial charge in [-0.15, -0.1) is 5.10 Å². The number of nitro benzene ring substituents is 1. The summed E-state index contributed by atoms with van der Waals surface area (Å²) < 4.78 is 0. The third-order valence-electron chi connectivity index (χ3n) is 2.50. The van der Waals surface area contributed by atoms with Gasteiger partial charge in [-0.2, -0.15) is 0 Å². The van der Waals surface area contributed by atoms with E-state index in [1.807, 2.05) is 0 Å². The lowest BCUT2D eigenvalue weighted by molar-refractivity contribution is -0.384. The van der Waals surface area contributed by atoms with Gasteiger partial charge in [-0.05, 0) is 30.8 Å². The molecule has 0 atom stereocenters. The first kappa shape index (κ1) is 15.5. The number of thioether (sulfide) groups is 1. The van der Waals surface area contributed by atoms with Crippen LogP contribution in [0.2, 0.25) is 0 Å². The zero-order chi connectivity index (χ0) is 16.3. The second kappa shape index (κ2) is 6.26. The van der Waals surface area contributed by atoms with E-state index in [9.17, 15) is 25.1 Å². The average molecular weight is 322 g/mol. The number of benzene rings is 1. The molecule has 0 bridgehead atoms. The van der Waals surface area contributed by atoms with Crippen LogP contribution in [-0.4, -0.2) is 36.3 Å². The number of nitrogens with zero attached hydrogens (tertiary/aromatic N) is 3. The maximum atomic E-state index is 11.3. The fraction of sp³-hybridized carbons (Fsp3) is 0.0833. The van der Waals surface area contributed by atoms with Crippen LogP contribution in [0.1, 0.15) is 11.4 Å². The predicted molar refractivity (Wildman–Crippen MR) is 77.4 cm³/mol. The second-order valence-corrected chi connectivity index (χ2v) is 5.13. The van der Waals surface area contributed by atoms with Crippen LogP contribution in [0.15, 0.2) is 28.3 Å². The first-order valence-corrected chi connectivity index (χ1v) is 6.67. The molecule has 0 radical (unpaired) electrons. The van der Waals surface area contributed by atoms with Gasteiger partial charge < -0.3 is 10.2 Å². The van der Waals surface area contributed by atoms with Crippen LogP contribution in [0.5, 0.6) is 5.75 Å². The van der Waals surface area contributed by atoms with Crippen molar-refractivity contribution in [2.24, 2.45) is 0 Å². The molecule has 0 saturated carbocycles. The summed E-state index contributed by atoms with van der Waals surface area (Å²) in [5, 5.41) is 36.2. The number of aromatic amines is 1. The quantitative estimate of drug-likeness (QED) is 0.328. The van der Waals surface area contributed by atoms with Crippen molar-refractivity contribution >= 4 is 29.5 Å². The number of hydrogen-bond donors (Lipinski definition) is 3.